The van der Waals surface area contributed by atoms with Crippen LogP contribution in [0.1, 0.15) is 53.3 Å². The van der Waals surface area contributed by atoms with Crippen molar-refractivity contribution in [3.63, 3.8) is 0 Å². The fraction of sp³-hybridized carbons (Fsp3) is 0.467. The van der Waals surface area contributed by atoms with Crippen LogP contribution in [0.25, 0.3) is 0 Å². The van der Waals surface area contributed by atoms with Gasteiger partial charge in [-0.05, 0) is 18.6 Å². The molecule has 0 bridgehead atoms. The summed E-state index contributed by atoms with van der Waals surface area (Å²) in [5.74, 6) is -4.26. The molecule has 0 aliphatic carbocycles. The second kappa shape index (κ2) is 8.34. The Bertz CT molecular complexity index is 491. The molecule has 0 atom stereocenters. The molecule has 1 aromatic carbocycles. The van der Waals surface area contributed by atoms with E-state index in [4.69, 9.17) is 4.74 Å². The van der Waals surface area contributed by atoms with Gasteiger partial charge < -0.3 is 9.47 Å². The summed E-state index contributed by atoms with van der Waals surface area (Å²) in [5.41, 5.74) is -1.09. The first-order chi connectivity index (χ1) is 10.0. The number of ether oxygens (including phenoxy) is 2. The van der Waals surface area contributed by atoms with Gasteiger partial charge in [-0.3, -0.25) is 0 Å². The van der Waals surface area contributed by atoms with Gasteiger partial charge in [0.1, 0.15) is 17.2 Å². The highest BCUT2D eigenvalue weighted by molar-refractivity contribution is 5.93. The lowest BCUT2D eigenvalue weighted by molar-refractivity contribution is 0.0493. The monoisotopic (exact) mass is 300 g/mol. The number of hydrogen-bond donors (Lipinski definition) is 0. The molecule has 6 heteroatoms. The van der Waals surface area contributed by atoms with Crippen LogP contribution in [0.5, 0.6) is 0 Å². The van der Waals surface area contributed by atoms with Gasteiger partial charge in [-0.25, -0.2) is 18.4 Å². The minimum absolute atomic E-state index is 0.195. The normalized spacial score (nSPS) is 10.3. The lowest BCUT2D eigenvalue weighted by atomic mass is 10.1. The third-order valence-corrected chi connectivity index (χ3v) is 2.90. The van der Waals surface area contributed by atoms with Crippen LogP contribution < -0.4 is 0 Å². The van der Waals surface area contributed by atoms with Crippen molar-refractivity contribution in [2.75, 3.05) is 13.7 Å². The number of carbonyl (C=O) groups excluding carboxylic acids is 2. The molecule has 0 saturated carbocycles. The highest BCUT2D eigenvalue weighted by Crippen LogP contribution is 2.17. The zero-order valence-electron chi connectivity index (χ0n) is 12.1. The van der Waals surface area contributed by atoms with Crippen LogP contribution in [0.4, 0.5) is 8.78 Å². The van der Waals surface area contributed by atoms with Crippen LogP contribution in [0.3, 0.4) is 0 Å². The number of unbranched alkanes of at least 4 members (excludes halogenated alkanes) is 3. The average Bonchev–Trinajstić information content (AvgIpc) is 2.45. The third-order valence-electron chi connectivity index (χ3n) is 2.90. The molecular weight excluding hydrogens is 282 g/mol. The lowest BCUT2D eigenvalue weighted by Gasteiger charge is -2.07. The maximum absolute atomic E-state index is 13.6. The Morgan fingerprint density at radius 3 is 2.19 bits per heavy atom. The van der Waals surface area contributed by atoms with Crippen molar-refractivity contribution in [3.05, 3.63) is 34.9 Å². The van der Waals surface area contributed by atoms with Gasteiger partial charge in [-0.15, -0.1) is 0 Å². The van der Waals surface area contributed by atoms with Crippen LogP contribution in [-0.4, -0.2) is 25.7 Å². The number of carbonyl (C=O) groups is 2. The summed E-state index contributed by atoms with van der Waals surface area (Å²) >= 11 is 0. The first-order valence-electron chi connectivity index (χ1n) is 6.75. The van der Waals surface area contributed by atoms with Crippen LogP contribution in [0.2, 0.25) is 0 Å². The number of methoxy groups -OCH3 is 1. The van der Waals surface area contributed by atoms with Crippen LogP contribution in [-0.2, 0) is 9.47 Å². The van der Waals surface area contributed by atoms with Gasteiger partial charge in [0, 0.05) is 0 Å². The largest absolute Gasteiger partial charge is 0.465 e. The minimum atomic E-state index is -1.15. The van der Waals surface area contributed by atoms with Gasteiger partial charge in [0.05, 0.1) is 19.3 Å². The van der Waals surface area contributed by atoms with E-state index in [0.29, 0.717) is 6.42 Å². The predicted octanol–water partition coefficient (Wildman–Crippen LogP) is 3.49. The molecule has 1 rings (SSSR count). The van der Waals surface area contributed by atoms with Crippen LogP contribution >= 0.6 is 0 Å². The molecule has 0 aliphatic heterocycles. The molecule has 0 fully saturated rings. The standard InChI is InChI=1S/C15H18F2O4/c1-3-4-5-6-7-21-14(18)10-8-11(16)13(12(17)9-10)15(19)20-2/h8-9H,3-7H2,1-2H3. The molecule has 0 aromatic heterocycles. The first kappa shape index (κ1) is 17.1. The molecule has 0 heterocycles. The molecule has 0 amide bonds. The first-order valence-corrected chi connectivity index (χ1v) is 6.75. The Labute approximate surface area is 122 Å². The van der Waals surface area contributed by atoms with E-state index in [-0.39, 0.29) is 12.2 Å². The van der Waals surface area contributed by atoms with E-state index in [1.54, 1.807) is 0 Å². The van der Waals surface area contributed by atoms with Crippen molar-refractivity contribution in [3.8, 4) is 0 Å². The Kier molecular flexibility index (Phi) is 6.78. The molecular formula is C15H18F2O4. The Hall–Kier alpha value is -1.98. The molecule has 1 aromatic rings. The van der Waals surface area contributed by atoms with Crippen molar-refractivity contribution in [1.29, 1.82) is 0 Å². The fourth-order valence-electron chi connectivity index (χ4n) is 1.77. The summed E-state index contributed by atoms with van der Waals surface area (Å²) in [6.45, 7) is 2.25. The Balaban J connectivity index is 2.72. The summed E-state index contributed by atoms with van der Waals surface area (Å²) in [7, 11) is 1.01. The highest BCUT2D eigenvalue weighted by Gasteiger charge is 2.21. The van der Waals surface area contributed by atoms with E-state index < -0.39 is 29.1 Å². The summed E-state index contributed by atoms with van der Waals surface area (Å²) in [6.07, 6.45) is 3.71. The van der Waals surface area contributed by atoms with Crippen molar-refractivity contribution in [2.24, 2.45) is 0 Å². The minimum Gasteiger partial charge on any atom is -0.465 e. The SMILES string of the molecule is CCCCCCOC(=O)c1cc(F)c(C(=O)OC)c(F)c1. The van der Waals surface area contributed by atoms with E-state index in [1.807, 2.05) is 0 Å². The van der Waals surface area contributed by atoms with E-state index in [2.05, 4.69) is 11.7 Å². The zero-order valence-corrected chi connectivity index (χ0v) is 12.1. The molecule has 0 radical (unpaired) electrons. The molecule has 0 spiro atoms. The van der Waals surface area contributed by atoms with E-state index in [1.165, 1.54) is 0 Å². The van der Waals surface area contributed by atoms with Crippen molar-refractivity contribution in [1.82, 2.24) is 0 Å². The van der Waals surface area contributed by atoms with Crippen molar-refractivity contribution < 1.29 is 27.8 Å². The summed E-state index contributed by atoms with van der Waals surface area (Å²) in [5, 5.41) is 0. The number of rotatable bonds is 7. The van der Waals surface area contributed by atoms with Crippen LogP contribution in [0, 0.1) is 11.6 Å². The molecule has 0 saturated heterocycles. The maximum Gasteiger partial charge on any atom is 0.343 e. The van der Waals surface area contributed by atoms with Gasteiger partial charge in [-0.1, -0.05) is 26.2 Å². The third kappa shape index (κ3) is 4.81. The quantitative estimate of drug-likeness (QED) is 0.571. The lowest BCUT2D eigenvalue weighted by Crippen LogP contribution is -2.12. The fourth-order valence-corrected chi connectivity index (χ4v) is 1.77. The summed E-state index contributed by atoms with van der Waals surface area (Å²) in [6, 6.07) is 1.54. The Morgan fingerprint density at radius 2 is 1.67 bits per heavy atom. The van der Waals surface area contributed by atoms with E-state index in [0.717, 1.165) is 38.5 Å². The molecule has 116 valence electrons. The van der Waals surface area contributed by atoms with Gasteiger partial charge in [0.25, 0.3) is 0 Å². The second-order valence-corrected chi connectivity index (χ2v) is 4.50. The molecule has 21 heavy (non-hydrogen) atoms. The molecule has 4 nitrogen and oxygen atoms in total. The summed E-state index contributed by atoms with van der Waals surface area (Å²) in [4.78, 5) is 22.9. The highest BCUT2D eigenvalue weighted by atomic mass is 19.1. The van der Waals surface area contributed by atoms with Crippen LogP contribution in [0.15, 0.2) is 12.1 Å². The number of benzene rings is 1. The Morgan fingerprint density at radius 1 is 1.05 bits per heavy atom. The molecule has 0 N–H and O–H groups in total. The topological polar surface area (TPSA) is 52.6 Å². The predicted molar refractivity (Wildman–Crippen MR) is 72.1 cm³/mol. The maximum atomic E-state index is 13.6. The smallest absolute Gasteiger partial charge is 0.343 e. The average molecular weight is 300 g/mol. The van der Waals surface area contributed by atoms with Crippen molar-refractivity contribution in [2.45, 2.75) is 32.6 Å². The molecule has 0 unspecified atom stereocenters. The van der Waals surface area contributed by atoms with Gasteiger partial charge in [0.2, 0.25) is 0 Å². The van der Waals surface area contributed by atoms with E-state index in [9.17, 15) is 18.4 Å². The second-order valence-electron chi connectivity index (χ2n) is 4.50. The zero-order chi connectivity index (χ0) is 15.8. The summed E-state index contributed by atoms with van der Waals surface area (Å²) < 4.78 is 36.5. The number of esters is 2. The van der Waals surface area contributed by atoms with Gasteiger partial charge in [-0.2, -0.15) is 0 Å². The van der Waals surface area contributed by atoms with Gasteiger partial charge >= 0.3 is 11.9 Å². The van der Waals surface area contributed by atoms with E-state index >= 15 is 0 Å². The van der Waals surface area contributed by atoms with Gasteiger partial charge in [0.15, 0.2) is 0 Å². The van der Waals surface area contributed by atoms with Crippen molar-refractivity contribution >= 4 is 11.9 Å². The number of halogens is 2. The number of hydrogen-bond acceptors (Lipinski definition) is 4. The molecule has 0 aliphatic rings.